The summed E-state index contributed by atoms with van der Waals surface area (Å²) in [7, 11) is 0. The molecule has 1 aliphatic rings. The zero-order valence-electron chi connectivity index (χ0n) is 12.1. The Morgan fingerprint density at radius 3 is 2.32 bits per heavy atom. The summed E-state index contributed by atoms with van der Waals surface area (Å²) in [6.45, 7) is 3.25. The molecule has 5 nitrogen and oxygen atoms in total. The number of hydrogen-bond acceptors (Lipinski definition) is 5. The highest BCUT2D eigenvalue weighted by molar-refractivity contribution is 5.42. The minimum Gasteiger partial charge on any atom is -0.314 e. The van der Waals surface area contributed by atoms with E-state index in [0.717, 1.165) is 26.2 Å². The number of halogens is 1. The van der Waals surface area contributed by atoms with Gasteiger partial charge in [0, 0.05) is 26.2 Å². The van der Waals surface area contributed by atoms with Crippen molar-refractivity contribution in [1.82, 2.24) is 10.3 Å². The van der Waals surface area contributed by atoms with Crippen LogP contribution in [0.1, 0.15) is 0 Å². The average molecular weight is 303 g/mol. The maximum Gasteiger partial charge on any atom is 0.168 e. The van der Waals surface area contributed by atoms with Crippen LogP contribution >= 0.6 is 0 Å². The molecule has 0 unspecified atom stereocenters. The van der Waals surface area contributed by atoms with Gasteiger partial charge in [-0.1, -0.05) is 18.2 Å². The minimum atomic E-state index is -0.284. The van der Waals surface area contributed by atoms with E-state index in [0.29, 0.717) is 11.4 Å². The van der Waals surface area contributed by atoms with Crippen molar-refractivity contribution in [3.63, 3.8) is 0 Å². The Labute approximate surface area is 128 Å². The molecule has 0 amide bonds. The van der Waals surface area contributed by atoms with Gasteiger partial charge in [0.15, 0.2) is 5.75 Å². The van der Waals surface area contributed by atoms with E-state index in [1.807, 2.05) is 23.2 Å². The first-order valence-electron chi connectivity index (χ1n) is 7.24. The Bertz CT molecular complexity index is 574. The lowest BCUT2D eigenvalue weighted by Gasteiger charge is -2.35. The highest BCUT2D eigenvalue weighted by Gasteiger charge is 2.21. The Morgan fingerprint density at radius 1 is 0.955 bits per heavy atom. The first kappa shape index (κ1) is 14.8. The van der Waals surface area contributed by atoms with Crippen LogP contribution in [0.25, 0.3) is 0 Å². The van der Waals surface area contributed by atoms with Crippen molar-refractivity contribution in [2.75, 3.05) is 31.4 Å². The molecular formula is C16H18FN3O2. The van der Waals surface area contributed by atoms with E-state index in [1.165, 1.54) is 12.1 Å². The summed E-state index contributed by atoms with van der Waals surface area (Å²) in [5, 5.41) is 6.85. The van der Waals surface area contributed by atoms with Crippen molar-refractivity contribution in [3.05, 3.63) is 60.4 Å². The molecule has 1 saturated heterocycles. The third kappa shape index (κ3) is 3.73. The van der Waals surface area contributed by atoms with Crippen molar-refractivity contribution in [2.24, 2.45) is 0 Å². The molecule has 1 heterocycles. The Kier molecular flexibility index (Phi) is 4.85. The summed E-state index contributed by atoms with van der Waals surface area (Å²) in [6, 6.07) is 15.4. The quantitative estimate of drug-likeness (QED) is 0.678. The smallest absolute Gasteiger partial charge is 0.168 e. The van der Waals surface area contributed by atoms with E-state index >= 15 is 0 Å². The molecule has 0 spiro atoms. The van der Waals surface area contributed by atoms with Gasteiger partial charge in [-0.15, -0.1) is 5.17 Å². The van der Waals surface area contributed by atoms with Crippen molar-refractivity contribution in [3.8, 4) is 5.75 Å². The predicted octanol–water partition coefficient (Wildman–Crippen LogP) is 2.38. The first-order valence-corrected chi connectivity index (χ1v) is 7.24. The van der Waals surface area contributed by atoms with E-state index in [-0.39, 0.29) is 5.82 Å². The lowest BCUT2D eigenvalue weighted by Crippen LogP contribution is -2.53. The van der Waals surface area contributed by atoms with Gasteiger partial charge in [0.2, 0.25) is 0 Å². The molecule has 0 aliphatic carbocycles. The summed E-state index contributed by atoms with van der Waals surface area (Å²) >= 11 is 0. The third-order valence-electron chi connectivity index (χ3n) is 3.35. The maximum atomic E-state index is 13.1. The molecule has 3 rings (SSSR count). The number of hydrazine groups is 1. The largest absolute Gasteiger partial charge is 0.314 e. The van der Waals surface area contributed by atoms with Gasteiger partial charge in [0.05, 0.1) is 5.69 Å². The normalized spacial score (nSPS) is 15.5. The van der Waals surface area contributed by atoms with Gasteiger partial charge >= 0.3 is 0 Å². The zero-order valence-corrected chi connectivity index (χ0v) is 12.1. The van der Waals surface area contributed by atoms with Gasteiger partial charge < -0.3 is 10.2 Å². The van der Waals surface area contributed by atoms with Crippen molar-refractivity contribution in [1.29, 1.82) is 0 Å². The van der Waals surface area contributed by atoms with Crippen LogP contribution in [-0.2, 0) is 4.99 Å². The monoisotopic (exact) mass is 303 g/mol. The second-order valence-electron chi connectivity index (χ2n) is 4.92. The SMILES string of the molecule is Fc1ccc(N(OOc2ccccc2)N2CCNCC2)cc1. The van der Waals surface area contributed by atoms with Crippen LogP contribution < -0.4 is 15.4 Å². The van der Waals surface area contributed by atoms with Crippen LogP contribution in [0.15, 0.2) is 54.6 Å². The minimum absolute atomic E-state index is 0.284. The molecule has 1 N–H and O–H groups in total. The fourth-order valence-electron chi connectivity index (χ4n) is 2.21. The van der Waals surface area contributed by atoms with Crippen LogP contribution in [0.5, 0.6) is 5.75 Å². The molecule has 2 aromatic carbocycles. The zero-order chi connectivity index (χ0) is 15.2. The number of anilines is 1. The number of hydrogen-bond donors (Lipinski definition) is 1. The average Bonchev–Trinajstić information content (AvgIpc) is 2.58. The van der Waals surface area contributed by atoms with Crippen molar-refractivity contribution < 1.29 is 14.3 Å². The molecule has 0 radical (unpaired) electrons. The summed E-state index contributed by atoms with van der Waals surface area (Å²) in [6.07, 6.45) is 0. The fourth-order valence-corrected chi connectivity index (χ4v) is 2.21. The molecule has 116 valence electrons. The van der Waals surface area contributed by atoms with Crippen LogP contribution in [0.4, 0.5) is 10.1 Å². The summed E-state index contributed by atoms with van der Waals surface area (Å²) in [4.78, 5) is 10.9. The number of piperazine rings is 1. The number of benzene rings is 2. The highest BCUT2D eigenvalue weighted by Crippen LogP contribution is 2.20. The second kappa shape index (κ2) is 7.22. The molecule has 22 heavy (non-hydrogen) atoms. The molecule has 2 aromatic rings. The Balaban J connectivity index is 1.74. The molecule has 0 atom stereocenters. The van der Waals surface area contributed by atoms with Crippen molar-refractivity contribution >= 4 is 5.69 Å². The lowest BCUT2D eigenvalue weighted by atomic mass is 10.3. The molecule has 0 bridgehead atoms. The van der Waals surface area contributed by atoms with Crippen LogP contribution in [0.2, 0.25) is 0 Å². The Hall–Kier alpha value is -2.15. The van der Waals surface area contributed by atoms with Gasteiger partial charge in [-0.05, 0) is 41.4 Å². The van der Waals surface area contributed by atoms with Crippen LogP contribution in [0.3, 0.4) is 0 Å². The van der Waals surface area contributed by atoms with Gasteiger partial charge in [0.1, 0.15) is 5.82 Å². The van der Waals surface area contributed by atoms with E-state index in [1.54, 1.807) is 29.4 Å². The van der Waals surface area contributed by atoms with Crippen LogP contribution in [0, 0.1) is 5.82 Å². The molecule has 6 heteroatoms. The topological polar surface area (TPSA) is 37.0 Å². The molecule has 0 aromatic heterocycles. The molecular weight excluding hydrogens is 285 g/mol. The highest BCUT2D eigenvalue weighted by atomic mass is 19.1. The maximum absolute atomic E-state index is 13.1. The number of nitrogens with zero attached hydrogens (tertiary/aromatic N) is 2. The van der Waals surface area contributed by atoms with Gasteiger partial charge in [-0.25, -0.2) is 4.39 Å². The van der Waals surface area contributed by atoms with E-state index in [2.05, 4.69) is 5.32 Å². The second-order valence-corrected chi connectivity index (χ2v) is 4.92. The lowest BCUT2D eigenvalue weighted by molar-refractivity contribution is -0.255. The summed E-state index contributed by atoms with van der Waals surface area (Å²) < 4.78 is 13.1. The number of nitrogens with one attached hydrogen (secondary N) is 1. The number of para-hydroxylation sites is 1. The van der Waals surface area contributed by atoms with Crippen LogP contribution in [-0.4, -0.2) is 31.2 Å². The van der Waals surface area contributed by atoms with Crippen molar-refractivity contribution in [2.45, 2.75) is 0 Å². The molecule has 1 aliphatic heterocycles. The van der Waals surface area contributed by atoms with Gasteiger partial charge in [0.25, 0.3) is 0 Å². The molecule has 1 fully saturated rings. The van der Waals surface area contributed by atoms with Gasteiger partial charge in [-0.2, -0.15) is 5.01 Å². The van der Waals surface area contributed by atoms with E-state index in [4.69, 9.17) is 9.88 Å². The third-order valence-corrected chi connectivity index (χ3v) is 3.35. The standard InChI is InChI=1S/C16H18FN3O2/c17-14-6-8-15(9-7-14)20(19-12-10-18-11-13-19)22-21-16-4-2-1-3-5-16/h1-9,18H,10-13H2. The first-order chi connectivity index (χ1) is 10.8. The van der Waals surface area contributed by atoms with E-state index in [9.17, 15) is 4.39 Å². The summed E-state index contributed by atoms with van der Waals surface area (Å²) in [5.41, 5.74) is 0.708. The fraction of sp³-hybridized carbons (Fsp3) is 0.250. The molecule has 0 saturated carbocycles. The van der Waals surface area contributed by atoms with Gasteiger partial charge in [-0.3, -0.25) is 0 Å². The summed E-state index contributed by atoms with van der Waals surface area (Å²) in [5.74, 6) is 0.317. The Morgan fingerprint density at radius 2 is 1.64 bits per heavy atom. The van der Waals surface area contributed by atoms with E-state index < -0.39 is 0 Å². The predicted molar refractivity (Wildman–Crippen MR) is 81.5 cm³/mol. The number of rotatable bonds is 5.